The van der Waals surface area contributed by atoms with Crippen LogP contribution in [-0.4, -0.2) is 23.2 Å². The van der Waals surface area contributed by atoms with E-state index in [4.69, 9.17) is 0 Å². The van der Waals surface area contributed by atoms with Crippen molar-refractivity contribution in [3.63, 3.8) is 0 Å². The number of hydrogen-bond acceptors (Lipinski definition) is 2. The van der Waals surface area contributed by atoms with Gasteiger partial charge in [-0.2, -0.15) is 0 Å². The summed E-state index contributed by atoms with van der Waals surface area (Å²) in [6.45, 7) is 0.375. The maximum atomic E-state index is 13.0. The van der Waals surface area contributed by atoms with Crippen LogP contribution in [0.3, 0.4) is 0 Å². The zero-order chi connectivity index (χ0) is 18.1. The maximum absolute atomic E-state index is 13.0. The van der Waals surface area contributed by atoms with Crippen molar-refractivity contribution in [3.05, 3.63) is 82.9 Å². The van der Waals surface area contributed by atoms with Gasteiger partial charge in [-0.3, -0.25) is 9.59 Å². The molecule has 3 aromatic rings. The number of H-pyrrole nitrogens is 1. The third kappa shape index (κ3) is 3.16. The zero-order valence-corrected chi connectivity index (χ0v) is 14.0. The van der Waals surface area contributed by atoms with Crippen molar-refractivity contribution in [1.29, 1.82) is 0 Å². The molecule has 0 saturated heterocycles. The molecule has 2 aromatic carbocycles. The number of nitrogens with one attached hydrogen (secondary N) is 2. The van der Waals surface area contributed by atoms with Crippen LogP contribution >= 0.6 is 0 Å². The van der Waals surface area contributed by atoms with E-state index in [9.17, 15) is 14.0 Å². The predicted molar refractivity (Wildman–Crippen MR) is 96.7 cm³/mol. The van der Waals surface area contributed by atoms with E-state index in [2.05, 4.69) is 10.3 Å². The number of rotatable bonds is 3. The topological polar surface area (TPSA) is 62.0 Å². The van der Waals surface area contributed by atoms with Gasteiger partial charge < -0.3 is 10.3 Å². The van der Waals surface area contributed by atoms with E-state index in [1.165, 1.54) is 12.1 Å². The third-order valence-corrected chi connectivity index (χ3v) is 4.56. The van der Waals surface area contributed by atoms with Crippen molar-refractivity contribution in [1.82, 2.24) is 10.3 Å². The Balaban J connectivity index is 1.56. The van der Waals surface area contributed by atoms with Gasteiger partial charge in [0, 0.05) is 30.6 Å². The van der Waals surface area contributed by atoms with Crippen LogP contribution in [-0.2, 0) is 6.42 Å². The number of aromatic amines is 1. The average molecular weight is 348 g/mol. The molecule has 130 valence electrons. The summed E-state index contributed by atoms with van der Waals surface area (Å²) in [5.41, 5.74) is 4.66. The van der Waals surface area contributed by atoms with Gasteiger partial charge in [0.1, 0.15) is 11.5 Å². The van der Waals surface area contributed by atoms with Crippen LogP contribution in [0.2, 0.25) is 0 Å². The minimum Gasteiger partial charge on any atom is -0.354 e. The van der Waals surface area contributed by atoms with Gasteiger partial charge in [0.2, 0.25) is 0 Å². The lowest BCUT2D eigenvalue weighted by Crippen LogP contribution is -2.23. The van der Waals surface area contributed by atoms with Gasteiger partial charge in [0.05, 0.1) is 0 Å². The summed E-state index contributed by atoms with van der Waals surface area (Å²) in [7, 11) is 0. The summed E-state index contributed by atoms with van der Waals surface area (Å²) in [4.78, 5) is 27.2. The van der Waals surface area contributed by atoms with Crippen molar-refractivity contribution in [2.45, 2.75) is 12.8 Å². The molecule has 0 saturated carbocycles. The van der Waals surface area contributed by atoms with Crippen LogP contribution in [0, 0.1) is 5.82 Å². The number of carbonyl (C=O) groups is 2. The van der Waals surface area contributed by atoms with E-state index >= 15 is 0 Å². The van der Waals surface area contributed by atoms with Crippen molar-refractivity contribution >= 4 is 11.7 Å². The second-order valence-corrected chi connectivity index (χ2v) is 6.39. The first-order valence-electron chi connectivity index (χ1n) is 8.48. The van der Waals surface area contributed by atoms with Gasteiger partial charge in [-0.1, -0.05) is 36.4 Å². The Labute approximate surface area is 150 Å². The monoisotopic (exact) mass is 348 g/mol. The first-order valence-corrected chi connectivity index (χ1v) is 8.48. The molecule has 1 amide bonds. The Morgan fingerprint density at radius 3 is 2.27 bits per heavy atom. The number of benzene rings is 2. The molecule has 2 N–H and O–H groups in total. The summed E-state index contributed by atoms with van der Waals surface area (Å²) >= 11 is 0. The summed E-state index contributed by atoms with van der Waals surface area (Å²) < 4.78 is 13.0. The Kier molecular flexibility index (Phi) is 4.13. The fourth-order valence-corrected chi connectivity index (χ4v) is 3.19. The van der Waals surface area contributed by atoms with Crippen molar-refractivity contribution in [3.8, 4) is 11.1 Å². The van der Waals surface area contributed by atoms with E-state index in [0.717, 1.165) is 22.4 Å². The van der Waals surface area contributed by atoms with Crippen LogP contribution in [0.15, 0.2) is 54.6 Å². The third-order valence-electron chi connectivity index (χ3n) is 4.56. The van der Waals surface area contributed by atoms with Crippen LogP contribution in [0.1, 0.15) is 38.5 Å². The number of aromatic nitrogens is 1. The second-order valence-electron chi connectivity index (χ2n) is 6.39. The summed E-state index contributed by atoms with van der Waals surface area (Å²) in [5, 5.41) is 2.72. The van der Waals surface area contributed by atoms with Crippen LogP contribution in [0.25, 0.3) is 11.1 Å². The quantitative estimate of drug-likeness (QED) is 0.758. The SMILES string of the molecule is O=C1CCNC(=O)c2[nH]c(Cc3ccc(-c4ccc(F)cc4)cc3)cc21. The highest BCUT2D eigenvalue weighted by Gasteiger charge is 2.23. The van der Waals surface area contributed by atoms with Gasteiger partial charge in [0.25, 0.3) is 5.91 Å². The Hall–Kier alpha value is -3.21. The number of halogens is 1. The molecule has 4 nitrogen and oxygen atoms in total. The van der Waals surface area contributed by atoms with Crippen LogP contribution < -0.4 is 5.32 Å². The lowest BCUT2D eigenvalue weighted by Gasteiger charge is -2.04. The molecule has 2 heterocycles. The first kappa shape index (κ1) is 16.3. The Morgan fingerprint density at radius 2 is 1.58 bits per heavy atom. The highest BCUT2D eigenvalue weighted by Crippen LogP contribution is 2.22. The van der Waals surface area contributed by atoms with E-state index in [1.807, 2.05) is 24.3 Å². The van der Waals surface area contributed by atoms with E-state index in [1.54, 1.807) is 18.2 Å². The number of ketones is 1. The smallest absolute Gasteiger partial charge is 0.268 e. The number of Topliss-reactive ketones (excluding diaryl/α,β-unsaturated/α-hetero) is 1. The Bertz CT molecular complexity index is 939. The summed E-state index contributed by atoms with van der Waals surface area (Å²) in [5.74, 6) is -0.508. The molecule has 0 fully saturated rings. The summed E-state index contributed by atoms with van der Waals surface area (Å²) in [6.07, 6.45) is 0.916. The molecule has 0 bridgehead atoms. The van der Waals surface area contributed by atoms with Gasteiger partial charge >= 0.3 is 0 Å². The van der Waals surface area contributed by atoms with E-state index in [0.29, 0.717) is 30.6 Å². The summed E-state index contributed by atoms with van der Waals surface area (Å²) in [6, 6.07) is 16.1. The number of amides is 1. The maximum Gasteiger partial charge on any atom is 0.268 e. The number of fused-ring (bicyclic) bond motifs is 1. The fraction of sp³-hybridized carbons (Fsp3) is 0.143. The molecule has 1 aliphatic heterocycles. The molecule has 0 atom stereocenters. The normalized spacial score (nSPS) is 13.9. The minimum absolute atomic E-state index is 0.0208. The molecular weight excluding hydrogens is 331 g/mol. The molecule has 4 rings (SSSR count). The fourth-order valence-electron chi connectivity index (χ4n) is 3.19. The standard InChI is InChI=1S/C21H17FN2O2/c22-16-7-5-15(6-8-16)14-3-1-13(2-4-14)11-17-12-18-19(25)9-10-23-21(26)20(18)24-17/h1-8,12,24H,9-11H2,(H,23,26). The lowest BCUT2D eigenvalue weighted by atomic mass is 10.0. The first-order chi connectivity index (χ1) is 12.6. The molecular formula is C21H17FN2O2. The average Bonchev–Trinajstić information content (AvgIpc) is 3.02. The second kappa shape index (κ2) is 6.59. The van der Waals surface area contributed by atoms with Crippen molar-refractivity contribution < 1.29 is 14.0 Å². The molecule has 0 spiro atoms. The molecule has 5 heteroatoms. The molecule has 1 aliphatic rings. The van der Waals surface area contributed by atoms with Gasteiger partial charge in [-0.05, 0) is 34.9 Å². The van der Waals surface area contributed by atoms with Gasteiger partial charge in [-0.25, -0.2) is 4.39 Å². The van der Waals surface area contributed by atoms with Gasteiger partial charge in [0.15, 0.2) is 5.78 Å². The van der Waals surface area contributed by atoms with Crippen molar-refractivity contribution in [2.75, 3.05) is 6.54 Å². The highest BCUT2D eigenvalue weighted by molar-refractivity contribution is 6.09. The number of carbonyl (C=O) groups excluding carboxylic acids is 2. The number of hydrogen-bond donors (Lipinski definition) is 2. The Morgan fingerprint density at radius 1 is 0.923 bits per heavy atom. The molecule has 1 aromatic heterocycles. The molecule has 26 heavy (non-hydrogen) atoms. The molecule has 0 aliphatic carbocycles. The largest absolute Gasteiger partial charge is 0.354 e. The molecule has 0 radical (unpaired) electrons. The minimum atomic E-state index is -0.254. The van der Waals surface area contributed by atoms with E-state index < -0.39 is 0 Å². The predicted octanol–water partition coefficient (Wildman–Crippen LogP) is 3.73. The van der Waals surface area contributed by atoms with E-state index in [-0.39, 0.29) is 17.5 Å². The lowest BCUT2D eigenvalue weighted by molar-refractivity contribution is 0.0951. The van der Waals surface area contributed by atoms with Gasteiger partial charge in [-0.15, -0.1) is 0 Å². The van der Waals surface area contributed by atoms with Crippen molar-refractivity contribution in [2.24, 2.45) is 0 Å². The zero-order valence-electron chi connectivity index (χ0n) is 14.0. The molecule has 0 unspecified atom stereocenters. The van der Waals surface area contributed by atoms with Crippen LogP contribution in [0.5, 0.6) is 0 Å². The highest BCUT2D eigenvalue weighted by atomic mass is 19.1. The van der Waals surface area contributed by atoms with Crippen LogP contribution in [0.4, 0.5) is 4.39 Å².